The van der Waals surface area contributed by atoms with Gasteiger partial charge >= 0.3 is 0 Å². The molecular formula is C16H24N2. The predicted molar refractivity (Wildman–Crippen MR) is 77.5 cm³/mol. The summed E-state index contributed by atoms with van der Waals surface area (Å²) in [6, 6.07) is 11.8. The Labute approximate surface area is 111 Å². The Morgan fingerprint density at radius 2 is 2.22 bits per heavy atom. The second-order valence-electron chi connectivity index (χ2n) is 5.25. The van der Waals surface area contributed by atoms with Crippen molar-refractivity contribution < 1.29 is 0 Å². The molecule has 98 valence electrons. The number of hydrogen-bond acceptors (Lipinski definition) is 2. The van der Waals surface area contributed by atoms with Gasteiger partial charge in [-0.1, -0.05) is 36.4 Å². The van der Waals surface area contributed by atoms with Crippen molar-refractivity contribution in [1.29, 1.82) is 0 Å². The molecule has 1 aliphatic heterocycles. The van der Waals surface area contributed by atoms with Crippen LogP contribution in [0.5, 0.6) is 0 Å². The summed E-state index contributed by atoms with van der Waals surface area (Å²) in [6.45, 7) is 9.44. The van der Waals surface area contributed by atoms with Gasteiger partial charge in [-0.15, -0.1) is 6.58 Å². The van der Waals surface area contributed by atoms with E-state index in [0.29, 0.717) is 12.1 Å². The number of rotatable bonds is 5. The average Bonchev–Trinajstić information content (AvgIpc) is 2.40. The fraction of sp³-hybridized carbons (Fsp3) is 0.500. The van der Waals surface area contributed by atoms with E-state index in [1.165, 1.54) is 24.9 Å². The molecule has 2 rings (SSSR count). The van der Waals surface area contributed by atoms with Gasteiger partial charge in [0.05, 0.1) is 0 Å². The van der Waals surface area contributed by atoms with Crippen molar-refractivity contribution in [1.82, 2.24) is 10.2 Å². The third-order valence-electron chi connectivity index (χ3n) is 3.61. The molecule has 1 heterocycles. The smallest absolute Gasteiger partial charge is 0.0234 e. The topological polar surface area (TPSA) is 15.3 Å². The molecule has 0 spiro atoms. The van der Waals surface area contributed by atoms with Crippen LogP contribution in [0.25, 0.3) is 0 Å². The zero-order chi connectivity index (χ0) is 12.8. The fourth-order valence-corrected chi connectivity index (χ4v) is 2.62. The number of piperidine rings is 1. The lowest BCUT2D eigenvalue weighted by Gasteiger charge is -2.34. The summed E-state index contributed by atoms with van der Waals surface area (Å²) in [5.74, 6) is 0. The average molecular weight is 244 g/mol. The Bertz CT molecular complexity index is 361. The first kappa shape index (κ1) is 13.3. The molecule has 2 nitrogen and oxygen atoms in total. The summed E-state index contributed by atoms with van der Waals surface area (Å²) in [5.41, 5.74) is 1.41. The van der Waals surface area contributed by atoms with Gasteiger partial charge in [0.25, 0.3) is 0 Å². The lowest BCUT2D eigenvalue weighted by molar-refractivity contribution is 0.180. The van der Waals surface area contributed by atoms with Crippen molar-refractivity contribution >= 4 is 0 Å². The van der Waals surface area contributed by atoms with Gasteiger partial charge in [-0.2, -0.15) is 0 Å². The highest BCUT2D eigenvalue weighted by Crippen LogP contribution is 2.14. The van der Waals surface area contributed by atoms with Crippen LogP contribution < -0.4 is 5.32 Å². The number of benzene rings is 1. The molecule has 0 amide bonds. The Kier molecular flexibility index (Phi) is 4.97. The van der Waals surface area contributed by atoms with Crippen molar-refractivity contribution in [2.75, 3.05) is 13.1 Å². The summed E-state index contributed by atoms with van der Waals surface area (Å²) < 4.78 is 0. The molecule has 1 aromatic carbocycles. The van der Waals surface area contributed by atoms with E-state index in [1.807, 2.05) is 6.08 Å². The predicted octanol–water partition coefficient (Wildman–Crippen LogP) is 2.82. The Morgan fingerprint density at radius 3 is 2.94 bits per heavy atom. The second kappa shape index (κ2) is 6.72. The monoisotopic (exact) mass is 244 g/mol. The van der Waals surface area contributed by atoms with E-state index in [1.54, 1.807) is 0 Å². The zero-order valence-corrected chi connectivity index (χ0v) is 11.3. The summed E-state index contributed by atoms with van der Waals surface area (Å²) in [6.07, 6.45) is 4.55. The van der Waals surface area contributed by atoms with Gasteiger partial charge in [0.1, 0.15) is 0 Å². The molecular weight excluding hydrogens is 220 g/mol. The van der Waals surface area contributed by atoms with Crippen LogP contribution in [0.4, 0.5) is 0 Å². The van der Waals surface area contributed by atoms with E-state index in [9.17, 15) is 0 Å². The maximum Gasteiger partial charge on any atom is 0.0234 e. The van der Waals surface area contributed by atoms with E-state index < -0.39 is 0 Å². The van der Waals surface area contributed by atoms with Gasteiger partial charge in [-0.3, -0.25) is 4.90 Å². The molecule has 0 aromatic heterocycles. The lowest BCUT2D eigenvalue weighted by Crippen LogP contribution is -2.47. The van der Waals surface area contributed by atoms with Crippen molar-refractivity contribution in [3.63, 3.8) is 0 Å². The highest BCUT2D eigenvalue weighted by atomic mass is 15.2. The molecule has 1 fully saturated rings. The first-order valence-electron chi connectivity index (χ1n) is 6.93. The van der Waals surface area contributed by atoms with Gasteiger partial charge in [-0.05, 0) is 31.9 Å². The molecule has 1 saturated heterocycles. The molecule has 2 heteroatoms. The molecule has 2 unspecified atom stereocenters. The SMILES string of the molecule is C=CC(C)NC1CCCN(Cc2ccccc2)C1. The van der Waals surface area contributed by atoms with E-state index in [-0.39, 0.29) is 0 Å². The van der Waals surface area contributed by atoms with Crippen LogP contribution in [0.2, 0.25) is 0 Å². The Hall–Kier alpha value is -1.12. The largest absolute Gasteiger partial charge is 0.307 e. The lowest BCUT2D eigenvalue weighted by atomic mass is 10.0. The van der Waals surface area contributed by atoms with E-state index in [0.717, 1.165) is 13.1 Å². The summed E-state index contributed by atoms with van der Waals surface area (Å²) in [7, 11) is 0. The zero-order valence-electron chi connectivity index (χ0n) is 11.3. The van der Waals surface area contributed by atoms with Crippen LogP contribution in [-0.2, 0) is 6.54 Å². The van der Waals surface area contributed by atoms with Crippen molar-refractivity contribution in [3.8, 4) is 0 Å². The summed E-state index contributed by atoms with van der Waals surface area (Å²) in [5, 5.41) is 3.62. The molecule has 0 saturated carbocycles. The molecule has 0 radical (unpaired) electrons. The summed E-state index contributed by atoms with van der Waals surface area (Å²) >= 11 is 0. The number of likely N-dealkylation sites (tertiary alicyclic amines) is 1. The molecule has 18 heavy (non-hydrogen) atoms. The van der Waals surface area contributed by atoms with Crippen molar-refractivity contribution in [2.24, 2.45) is 0 Å². The van der Waals surface area contributed by atoms with Gasteiger partial charge < -0.3 is 5.32 Å². The molecule has 0 aliphatic carbocycles. The van der Waals surface area contributed by atoms with Gasteiger partial charge in [0.15, 0.2) is 0 Å². The molecule has 2 atom stereocenters. The number of hydrogen-bond donors (Lipinski definition) is 1. The third kappa shape index (κ3) is 3.97. The third-order valence-corrected chi connectivity index (χ3v) is 3.61. The number of nitrogens with zero attached hydrogens (tertiary/aromatic N) is 1. The molecule has 1 N–H and O–H groups in total. The minimum atomic E-state index is 0.409. The van der Waals surface area contributed by atoms with Crippen LogP contribution in [0, 0.1) is 0 Å². The van der Waals surface area contributed by atoms with Gasteiger partial charge in [0.2, 0.25) is 0 Å². The maximum atomic E-state index is 3.84. The fourth-order valence-electron chi connectivity index (χ4n) is 2.62. The van der Waals surface area contributed by atoms with Crippen molar-refractivity contribution in [3.05, 3.63) is 48.6 Å². The standard InChI is InChI=1S/C16H24N2/c1-3-14(2)17-16-10-7-11-18(13-16)12-15-8-5-4-6-9-15/h3-6,8-9,14,16-17H,1,7,10-13H2,2H3. The molecule has 0 bridgehead atoms. The Morgan fingerprint density at radius 1 is 1.44 bits per heavy atom. The Balaban J connectivity index is 1.85. The highest BCUT2D eigenvalue weighted by molar-refractivity contribution is 5.14. The normalized spacial score (nSPS) is 22.6. The van der Waals surface area contributed by atoms with Crippen LogP contribution >= 0.6 is 0 Å². The van der Waals surface area contributed by atoms with E-state index >= 15 is 0 Å². The summed E-state index contributed by atoms with van der Waals surface area (Å²) in [4.78, 5) is 2.55. The van der Waals surface area contributed by atoms with Crippen LogP contribution in [-0.4, -0.2) is 30.1 Å². The quantitative estimate of drug-likeness (QED) is 0.801. The number of nitrogens with one attached hydrogen (secondary N) is 1. The highest BCUT2D eigenvalue weighted by Gasteiger charge is 2.20. The van der Waals surface area contributed by atoms with Gasteiger partial charge in [0, 0.05) is 25.2 Å². The molecule has 1 aliphatic rings. The minimum absolute atomic E-state index is 0.409. The van der Waals surface area contributed by atoms with Gasteiger partial charge in [-0.25, -0.2) is 0 Å². The molecule has 1 aromatic rings. The van der Waals surface area contributed by atoms with E-state index in [4.69, 9.17) is 0 Å². The van der Waals surface area contributed by atoms with Crippen molar-refractivity contribution in [2.45, 2.75) is 38.4 Å². The van der Waals surface area contributed by atoms with Crippen LogP contribution in [0.3, 0.4) is 0 Å². The van der Waals surface area contributed by atoms with Crippen LogP contribution in [0.1, 0.15) is 25.3 Å². The van der Waals surface area contributed by atoms with Crippen LogP contribution in [0.15, 0.2) is 43.0 Å². The maximum absolute atomic E-state index is 3.84. The first-order chi connectivity index (χ1) is 8.78. The second-order valence-corrected chi connectivity index (χ2v) is 5.25. The van der Waals surface area contributed by atoms with E-state index in [2.05, 4.69) is 54.1 Å². The minimum Gasteiger partial charge on any atom is -0.307 e. The first-order valence-corrected chi connectivity index (χ1v) is 6.93.